The lowest BCUT2D eigenvalue weighted by Gasteiger charge is -2.35. The molecule has 2 rings (SSSR count). The summed E-state index contributed by atoms with van der Waals surface area (Å²) >= 11 is 0. The highest BCUT2D eigenvalue weighted by atomic mass is 16.3. The Morgan fingerprint density at radius 1 is 0.913 bits per heavy atom. The third-order valence-corrected chi connectivity index (χ3v) is 4.02. The molecule has 0 aromatic heterocycles. The number of rotatable bonds is 7. The average molecular weight is 308 g/mol. The number of nitriles is 1. The van der Waals surface area contributed by atoms with Gasteiger partial charge in [-0.2, -0.15) is 5.26 Å². The molecule has 0 fully saturated rings. The van der Waals surface area contributed by atoms with Crippen molar-refractivity contribution in [3.8, 4) is 6.07 Å². The van der Waals surface area contributed by atoms with E-state index in [-0.39, 0.29) is 12.0 Å². The Balaban J connectivity index is 2.27. The van der Waals surface area contributed by atoms with Crippen LogP contribution < -0.4 is 0 Å². The van der Waals surface area contributed by atoms with Crippen molar-refractivity contribution < 1.29 is 5.11 Å². The quantitative estimate of drug-likeness (QED) is 0.795. The zero-order chi connectivity index (χ0) is 16.7. The smallest absolute Gasteiger partial charge is 0.156 e. The summed E-state index contributed by atoms with van der Waals surface area (Å²) in [4.78, 5) is 2.20. The van der Waals surface area contributed by atoms with Crippen LogP contribution in [0.4, 0.5) is 0 Å². The lowest BCUT2D eigenvalue weighted by molar-refractivity contribution is 0.0434. The highest BCUT2D eigenvalue weighted by Gasteiger charge is 2.29. The minimum Gasteiger partial charge on any atom is -0.376 e. The molecule has 0 spiro atoms. The van der Waals surface area contributed by atoms with E-state index in [1.165, 1.54) is 11.1 Å². The summed E-state index contributed by atoms with van der Waals surface area (Å²) in [6.07, 6.45) is -0.998. The van der Waals surface area contributed by atoms with E-state index in [9.17, 15) is 10.4 Å². The zero-order valence-electron chi connectivity index (χ0n) is 13.8. The molecule has 3 heteroatoms. The summed E-state index contributed by atoms with van der Waals surface area (Å²) in [7, 11) is 0. The molecule has 120 valence electrons. The third-order valence-electron chi connectivity index (χ3n) is 4.02. The summed E-state index contributed by atoms with van der Waals surface area (Å²) in [5, 5.41) is 19.4. The molecule has 0 saturated heterocycles. The van der Waals surface area contributed by atoms with Gasteiger partial charge in [0.15, 0.2) is 6.10 Å². The molecule has 3 nitrogen and oxygen atoms in total. The minimum atomic E-state index is -0.998. The number of aliphatic hydroxyl groups excluding tert-OH is 1. The second-order valence-electron chi connectivity index (χ2n) is 6.18. The van der Waals surface area contributed by atoms with Gasteiger partial charge in [0.1, 0.15) is 0 Å². The number of hydrogen-bond donors (Lipinski definition) is 1. The normalized spacial score (nSPS) is 13.7. The van der Waals surface area contributed by atoms with Crippen molar-refractivity contribution in [3.05, 3.63) is 71.8 Å². The van der Waals surface area contributed by atoms with Crippen LogP contribution >= 0.6 is 0 Å². The van der Waals surface area contributed by atoms with Gasteiger partial charge in [-0.15, -0.1) is 0 Å². The monoisotopic (exact) mass is 308 g/mol. The van der Waals surface area contributed by atoms with Crippen molar-refractivity contribution in [1.82, 2.24) is 4.90 Å². The lowest BCUT2D eigenvalue weighted by Crippen LogP contribution is -2.45. The van der Waals surface area contributed by atoms with Crippen LogP contribution in [-0.2, 0) is 13.1 Å². The molecule has 23 heavy (non-hydrogen) atoms. The van der Waals surface area contributed by atoms with Crippen LogP contribution in [0, 0.1) is 17.2 Å². The SMILES string of the molecule is CC(C)[C@@H](C(O)C#N)N(Cc1ccccc1)Cc1ccccc1. The fourth-order valence-electron chi connectivity index (χ4n) is 2.96. The Hall–Kier alpha value is -2.15. The number of hydrogen-bond acceptors (Lipinski definition) is 3. The van der Waals surface area contributed by atoms with Gasteiger partial charge in [0, 0.05) is 13.1 Å². The first-order chi connectivity index (χ1) is 11.1. The van der Waals surface area contributed by atoms with E-state index in [2.05, 4.69) is 29.2 Å². The average Bonchev–Trinajstić information content (AvgIpc) is 2.56. The van der Waals surface area contributed by atoms with Crippen LogP contribution in [0.15, 0.2) is 60.7 Å². The predicted molar refractivity (Wildman–Crippen MR) is 92.4 cm³/mol. The van der Waals surface area contributed by atoms with Crippen molar-refractivity contribution in [1.29, 1.82) is 5.26 Å². The fourth-order valence-corrected chi connectivity index (χ4v) is 2.96. The summed E-state index contributed by atoms with van der Waals surface area (Å²) in [5.41, 5.74) is 2.36. The Kier molecular flexibility index (Phi) is 6.34. The van der Waals surface area contributed by atoms with Crippen molar-refractivity contribution in [2.24, 2.45) is 5.92 Å². The first kappa shape index (κ1) is 17.2. The first-order valence-corrected chi connectivity index (χ1v) is 8.01. The van der Waals surface area contributed by atoms with Crippen molar-refractivity contribution in [2.45, 2.75) is 39.1 Å². The molecule has 1 unspecified atom stereocenters. The van der Waals surface area contributed by atoms with Gasteiger partial charge in [-0.05, 0) is 17.0 Å². The number of aliphatic hydroxyl groups is 1. The molecule has 2 atom stereocenters. The topological polar surface area (TPSA) is 47.3 Å². The second kappa shape index (κ2) is 8.47. The van der Waals surface area contributed by atoms with Crippen LogP contribution in [0.1, 0.15) is 25.0 Å². The molecule has 0 aliphatic heterocycles. The maximum Gasteiger partial charge on any atom is 0.156 e. The van der Waals surface area contributed by atoms with Crippen LogP contribution in [0.3, 0.4) is 0 Å². The molecule has 2 aromatic carbocycles. The zero-order valence-corrected chi connectivity index (χ0v) is 13.8. The molecule has 0 amide bonds. The van der Waals surface area contributed by atoms with E-state index in [0.29, 0.717) is 13.1 Å². The van der Waals surface area contributed by atoms with E-state index >= 15 is 0 Å². The minimum absolute atomic E-state index is 0.178. The molecule has 0 aliphatic rings. The van der Waals surface area contributed by atoms with Crippen molar-refractivity contribution in [3.63, 3.8) is 0 Å². The van der Waals surface area contributed by atoms with Crippen LogP contribution in [0.5, 0.6) is 0 Å². The molecule has 1 N–H and O–H groups in total. The van der Waals surface area contributed by atoms with Crippen LogP contribution in [0.2, 0.25) is 0 Å². The summed E-state index contributed by atoms with van der Waals surface area (Å²) in [6, 6.07) is 22.2. The maximum atomic E-state index is 10.2. The van der Waals surface area contributed by atoms with E-state index in [1.54, 1.807) is 0 Å². The Morgan fingerprint density at radius 3 is 1.70 bits per heavy atom. The van der Waals surface area contributed by atoms with E-state index in [1.807, 2.05) is 56.3 Å². The van der Waals surface area contributed by atoms with Gasteiger partial charge in [0.25, 0.3) is 0 Å². The van der Waals surface area contributed by atoms with Crippen molar-refractivity contribution >= 4 is 0 Å². The van der Waals surface area contributed by atoms with Gasteiger partial charge in [0.2, 0.25) is 0 Å². The summed E-state index contributed by atoms with van der Waals surface area (Å²) in [5.74, 6) is 0.178. The van der Waals surface area contributed by atoms with Crippen LogP contribution in [-0.4, -0.2) is 22.2 Å². The molecule has 2 aromatic rings. The molecule has 0 bridgehead atoms. The largest absolute Gasteiger partial charge is 0.376 e. The van der Waals surface area contributed by atoms with E-state index < -0.39 is 6.10 Å². The number of nitrogens with zero attached hydrogens (tertiary/aromatic N) is 2. The van der Waals surface area contributed by atoms with Gasteiger partial charge in [0.05, 0.1) is 12.1 Å². The molecule has 0 heterocycles. The van der Waals surface area contributed by atoms with E-state index in [4.69, 9.17) is 0 Å². The van der Waals surface area contributed by atoms with Crippen LogP contribution in [0.25, 0.3) is 0 Å². The Labute approximate surface area is 138 Å². The Bertz CT molecular complexity index is 578. The van der Waals surface area contributed by atoms with Gasteiger partial charge in [-0.1, -0.05) is 74.5 Å². The predicted octanol–water partition coefficient (Wildman–Crippen LogP) is 3.60. The first-order valence-electron chi connectivity index (χ1n) is 8.01. The van der Waals surface area contributed by atoms with Gasteiger partial charge < -0.3 is 5.11 Å². The van der Waals surface area contributed by atoms with Crippen molar-refractivity contribution in [2.75, 3.05) is 0 Å². The standard InChI is InChI=1S/C20H24N2O/c1-16(2)20(19(23)13-21)22(14-17-9-5-3-6-10-17)15-18-11-7-4-8-12-18/h3-12,16,19-20,23H,14-15H2,1-2H3/t19?,20-/m0/s1. The van der Waals surface area contributed by atoms with Gasteiger partial charge in [-0.3, -0.25) is 4.90 Å². The summed E-state index contributed by atoms with van der Waals surface area (Å²) in [6.45, 7) is 5.51. The highest BCUT2D eigenvalue weighted by molar-refractivity contribution is 5.18. The highest BCUT2D eigenvalue weighted by Crippen LogP contribution is 2.21. The molecule has 0 saturated carbocycles. The maximum absolute atomic E-state index is 10.2. The van der Waals surface area contributed by atoms with Gasteiger partial charge >= 0.3 is 0 Å². The summed E-state index contributed by atoms with van der Waals surface area (Å²) < 4.78 is 0. The molecular formula is C20H24N2O. The molecule has 0 radical (unpaired) electrons. The van der Waals surface area contributed by atoms with Gasteiger partial charge in [-0.25, -0.2) is 0 Å². The third kappa shape index (κ3) is 4.92. The molecular weight excluding hydrogens is 284 g/mol. The second-order valence-corrected chi connectivity index (χ2v) is 6.18. The Morgan fingerprint density at radius 2 is 1.35 bits per heavy atom. The fraction of sp³-hybridized carbons (Fsp3) is 0.350. The number of benzene rings is 2. The molecule has 0 aliphatic carbocycles. The van der Waals surface area contributed by atoms with E-state index in [0.717, 1.165) is 0 Å². The lowest BCUT2D eigenvalue weighted by atomic mass is 9.96.